The van der Waals surface area contributed by atoms with Crippen LogP contribution in [0.3, 0.4) is 0 Å². The molecule has 1 heterocycles. The molecule has 0 atom stereocenters. The van der Waals surface area contributed by atoms with Crippen LogP contribution in [0.4, 0.5) is 0 Å². The van der Waals surface area contributed by atoms with Gasteiger partial charge in [-0.05, 0) is 56.3 Å². The highest BCUT2D eigenvalue weighted by molar-refractivity contribution is 6.30. The monoisotopic (exact) mass is 621 g/mol. The van der Waals surface area contributed by atoms with Crippen LogP contribution >= 0.6 is 11.6 Å². The molecule has 0 saturated carbocycles. The second kappa shape index (κ2) is 12.5. The molecule has 8 rings (SSSR count). The average Bonchev–Trinajstić information content (AvgIpc) is 3.15. The van der Waals surface area contributed by atoms with E-state index < -0.39 is 0 Å². The Balaban J connectivity index is 1.21. The minimum atomic E-state index is 0.640. The second-order valence-corrected chi connectivity index (χ2v) is 11.8. The molecule has 0 spiro atoms. The van der Waals surface area contributed by atoms with Crippen molar-refractivity contribution in [2.24, 2.45) is 0 Å². The van der Waals surface area contributed by atoms with Gasteiger partial charge in [0, 0.05) is 21.7 Å². The van der Waals surface area contributed by atoms with Gasteiger partial charge in [-0.1, -0.05) is 169 Å². The maximum absolute atomic E-state index is 6.13. The fourth-order valence-electron chi connectivity index (χ4n) is 6.03. The summed E-state index contributed by atoms with van der Waals surface area (Å²) in [5.74, 6) is 1.94. The Bertz CT molecular complexity index is 2260. The maximum atomic E-state index is 6.13. The first kappa shape index (κ1) is 28.6. The molecule has 0 aliphatic carbocycles. The first-order valence-electron chi connectivity index (χ1n) is 15.6. The van der Waals surface area contributed by atoms with Gasteiger partial charge in [0.05, 0.1) is 0 Å². The molecule has 0 N–H and O–H groups in total. The Hall–Kier alpha value is -5.90. The van der Waals surface area contributed by atoms with E-state index in [1.165, 1.54) is 21.9 Å². The highest BCUT2D eigenvalue weighted by Gasteiger charge is 2.15. The van der Waals surface area contributed by atoms with E-state index >= 15 is 0 Å². The van der Waals surface area contributed by atoms with Gasteiger partial charge in [0.2, 0.25) is 0 Å². The summed E-state index contributed by atoms with van der Waals surface area (Å²) in [4.78, 5) is 14.7. The highest BCUT2D eigenvalue weighted by Crippen LogP contribution is 2.39. The summed E-state index contributed by atoms with van der Waals surface area (Å²) < 4.78 is 0. The summed E-state index contributed by atoms with van der Waals surface area (Å²) in [7, 11) is 0. The normalized spacial score (nSPS) is 11.1. The number of nitrogens with zero attached hydrogens (tertiary/aromatic N) is 3. The van der Waals surface area contributed by atoms with Gasteiger partial charge in [0.15, 0.2) is 17.5 Å². The number of hydrogen-bond acceptors (Lipinski definition) is 3. The van der Waals surface area contributed by atoms with Crippen LogP contribution in [0.1, 0.15) is 0 Å². The highest BCUT2D eigenvalue weighted by atomic mass is 35.5. The number of hydrogen-bond donors (Lipinski definition) is 0. The van der Waals surface area contributed by atoms with Crippen molar-refractivity contribution in [3.63, 3.8) is 0 Å². The fraction of sp³-hybridized carbons (Fsp3) is 0. The van der Waals surface area contributed by atoms with E-state index in [0.29, 0.717) is 17.5 Å². The average molecular weight is 622 g/mol. The fourth-order valence-corrected chi connectivity index (χ4v) is 6.16. The maximum Gasteiger partial charge on any atom is 0.164 e. The SMILES string of the molecule is Clc1ccc(-c2ccc(-c3c(-c4ccc(-c5nc(-c6ccccc6)nc(-c6ccccc6)n5)cc4)ccc4ccccc34)cc2)cc1. The lowest BCUT2D eigenvalue weighted by Gasteiger charge is -2.15. The molecule has 7 aromatic carbocycles. The molecule has 0 radical (unpaired) electrons. The van der Waals surface area contributed by atoms with E-state index in [1.807, 2.05) is 72.8 Å². The predicted molar refractivity (Wildman–Crippen MR) is 195 cm³/mol. The van der Waals surface area contributed by atoms with Crippen LogP contribution in [-0.2, 0) is 0 Å². The Morgan fingerprint density at radius 3 is 1.32 bits per heavy atom. The van der Waals surface area contributed by atoms with Crippen molar-refractivity contribution >= 4 is 22.4 Å². The van der Waals surface area contributed by atoms with Gasteiger partial charge in [-0.2, -0.15) is 0 Å². The Labute approximate surface area is 278 Å². The van der Waals surface area contributed by atoms with Crippen LogP contribution in [0.25, 0.3) is 78.3 Å². The lowest BCUT2D eigenvalue weighted by atomic mass is 9.89. The quantitative estimate of drug-likeness (QED) is 0.185. The minimum absolute atomic E-state index is 0.640. The van der Waals surface area contributed by atoms with Crippen LogP contribution < -0.4 is 0 Å². The van der Waals surface area contributed by atoms with Crippen molar-refractivity contribution in [3.05, 3.63) is 175 Å². The molecule has 0 unspecified atom stereocenters. The molecule has 0 saturated heterocycles. The first-order valence-corrected chi connectivity index (χ1v) is 15.9. The Morgan fingerprint density at radius 1 is 0.319 bits per heavy atom. The van der Waals surface area contributed by atoms with E-state index in [1.54, 1.807) is 0 Å². The van der Waals surface area contributed by atoms with E-state index in [4.69, 9.17) is 26.6 Å². The smallest absolute Gasteiger partial charge is 0.164 e. The Kier molecular flexibility index (Phi) is 7.58. The molecular formula is C43H28ClN3. The van der Waals surface area contributed by atoms with E-state index in [2.05, 4.69) is 97.1 Å². The zero-order valence-corrected chi connectivity index (χ0v) is 26.1. The summed E-state index contributed by atoms with van der Waals surface area (Å²) in [5, 5.41) is 3.16. The Morgan fingerprint density at radius 2 is 0.745 bits per heavy atom. The molecule has 1 aromatic heterocycles. The van der Waals surface area contributed by atoms with Gasteiger partial charge in [-0.25, -0.2) is 15.0 Å². The molecule has 4 heteroatoms. The number of aromatic nitrogens is 3. The number of benzene rings is 7. The van der Waals surface area contributed by atoms with Crippen molar-refractivity contribution in [3.8, 4) is 67.5 Å². The topological polar surface area (TPSA) is 38.7 Å². The predicted octanol–water partition coefficient (Wildman–Crippen LogP) is 11.7. The number of fused-ring (bicyclic) bond motifs is 1. The van der Waals surface area contributed by atoms with Gasteiger partial charge in [-0.15, -0.1) is 0 Å². The van der Waals surface area contributed by atoms with Gasteiger partial charge < -0.3 is 0 Å². The molecular weight excluding hydrogens is 594 g/mol. The third-order valence-electron chi connectivity index (χ3n) is 8.43. The zero-order chi connectivity index (χ0) is 31.6. The molecule has 0 amide bonds. The van der Waals surface area contributed by atoms with Crippen LogP contribution in [-0.4, -0.2) is 15.0 Å². The molecule has 0 aliphatic rings. The van der Waals surface area contributed by atoms with Crippen molar-refractivity contribution < 1.29 is 0 Å². The van der Waals surface area contributed by atoms with E-state index in [9.17, 15) is 0 Å². The standard InChI is InChI=1S/C43H28ClN3/c44-37-26-23-30(24-27-37)29-15-19-33(20-16-29)40-38-14-8-7-9-31(38)25-28-39(40)32-17-21-36(22-18-32)43-46-41(34-10-3-1-4-11-34)45-42(47-43)35-12-5-2-6-13-35/h1-28H. The lowest BCUT2D eigenvalue weighted by Crippen LogP contribution is -2.00. The van der Waals surface area contributed by atoms with Crippen molar-refractivity contribution in [2.75, 3.05) is 0 Å². The summed E-state index contributed by atoms with van der Waals surface area (Å²) in [5.41, 5.74) is 9.78. The van der Waals surface area contributed by atoms with Crippen LogP contribution in [0.15, 0.2) is 170 Å². The zero-order valence-electron chi connectivity index (χ0n) is 25.4. The summed E-state index contributed by atoms with van der Waals surface area (Å²) in [6.07, 6.45) is 0. The van der Waals surface area contributed by atoms with Crippen LogP contribution in [0, 0.1) is 0 Å². The van der Waals surface area contributed by atoms with Crippen molar-refractivity contribution in [1.29, 1.82) is 0 Å². The molecule has 0 aliphatic heterocycles. The van der Waals surface area contributed by atoms with Crippen LogP contribution in [0.2, 0.25) is 5.02 Å². The van der Waals surface area contributed by atoms with Gasteiger partial charge in [0.1, 0.15) is 0 Å². The third kappa shape index (κ3) is 5.81. The number of rotatable bonds is 6. The van der Waals surface area contributed by atoms with Gasteiger partial charge >= 0.3 is 0 Å². The van der Waals surface area contributed by atoms with Gasteiger partial charge in [0.25, 0.3) is 0 Å². The minimum Gasteiger partial charge on any atom is -0.208 e. The summed E-state index contributed by atoms with van der Waals surface area (Å²) in [6.45, 7) is 0. The van der Waals surface area contributed by atoms with Gasteiger partial charge in [-0.3, -0.25) is 0 Å². The van der Waals surface area contributed by atoms with Crippen molar-refractivity contribution in [2.45, 2.75) is 0 Å². The van der Waals surface area contributed by atoms with E-state index in [0.717, 1.165) is 44.0 Å². The largest absolute Gasteiger partial charge is 0.208 e. The van der Waals surface area contributed by atoms with E-state index in [-0.39, 0.29) is 0 Å². The number of halogens is 1. The summed E-state index contributed by atoms with van der Waals surface area (Å²) >= 11 is 6.13. The molecule has 8 aromatic rings. The van der Waals surface area contributed by atoms with Crippen molar-refractivity contribution in [1.82, 2.24) is 15.0 Å². The molecule has 47 heavy (non-hydrogen) atoms. The molecule has 0 fully saturated rings. The summed E-state index contributed by atoms with van der Waals surface area (Å²) in [6, 6.07) is 58.4. The second-order valence-electron chi connectivity index (χ2n) is 11.4. The molecule has 222 valence electrons. The molecule has 3 nitrogen and oxygen atoms in total. The third-order valence-corrected chi connectivity index (χ3v) is 8.69. The lowest BCUT2D eigenvalue weighted by molar-refractivity contribution is 1.07. The first-order chi connectivity index (χ1) is 23.2. The molecule has 0 bridgehead atoms. The van der Waals surface area contributed by atoms with Crippen LogP contribution in [0.5, 0.6) is 0 Å².